The Bertz CT molecular complexity index is 551. The van der Waals surface area contributed by atoms with Crippen LogP contribution in [0.15, 0.2) is 39.3 Å². The Hall–Kier alpha value is -1.66. The second kappa shape index (κ2) is 6.49. The maximum Gasteiger partial charge on any atom is 0.238 e. The van der Waals surface area contributed by atoms with Crippen molar-refractivity contribution in [2.75, 3.05) is 11.9 Å². The summed E-state index contributed by atoms with van der Waals surface area (Å²) in [7, 11) is 0. The second-order valence-electron chi connectivity index (χ2n) is 4.09. The van der Waals surface area contributed by atoms with Gasteiger partial charge in [-0.1, -0.05) is 21.1 Å². The summed E-state index contributed by atoms with van der Waals surface area (Å²) in [5.41, 5.74) is 1.56. The monoisotopic (exact) mass is 323 g/mol. The Morgan fingerprint density at radius 2 is 2.11 bits per heavy atom. The van der Waals surface area contributed by atoms with Crippen LogP contribution in [0, 0.1) is 6.92 Å². The topological polar surface area (TPSA) is 67.2 Å². The maximum absolute atomic E-state index is 11.7. The van der Waals surface area contributed by atoms with Gasteiger partial charge in [-0.2, -0.15) is 0 Å². The van der Waals surface area contributed by atoms with Crippen molar-refractivity contribution in [3.8, 4) is 0 Å². The predicted octanol–water partition coefficient (Wildman–Crippen LogP) is 2.47. The van der Waals surface area contributed by atoms with Gasteiger partial charge < -0.3 is 15.2 Å². The summed E-state index contributed by atoms with van der Waals surface area (Å²) in [5.74, 6) is 0.665. The lowest BCUT2D eigenvalue weighted by Gasteiger charge is -2.05. The Morgan fingerprint density at radius 3 is 2.74 bits per heavy atom. The molecule has 0 aliphatic carbocycles. The van der Waals surface area contributed by atoms with E-state index in [9.17, 15) is 4.79 Å². The van der Waals surface area contributed by atoms with Crippen LogP contribution in [-0.2, 0) is 11.3 Å². The van der Waals surface area contributed by atoms with Crippen molar-refractivity contribution in [3.05, 3.63) is 46.3 Å². The van der Waals surface area contributed by atoms with Crippen LogP contribution in [0.2, 0.25) is 0 Å². The van der Waals surface area contributed by atoms with E-state index in [1.165, 1.54) is 0 Å². The highest BCUT2D eigenvalue weighted by atomic mass is 79.9. The van der Waals surface area contributed by atoms with Crippen molar-refractivity contribution in [3.63, 3.8) is 0 Å². The van der Waals surface area contributed by atoms with Gasteiger partial charge in [-0.05, 0) is 31.2 Å². The highest BCUT2D eigenvalue weighted by Gasteiger charge is 2.04. The van der Waals surface area contributed by atoms with Crippen LogP contribution in [0.25, 0.3) is 0 Å². The first-order valence-corrected chi connectivity index (χ1v) is 6.61. The Kier molecular flexibility index (Phi) is 4.70. The first kappa shape index (κ1) is 13.8. The van der Waals surface area contributed by atoms with Gasteiger partial charge in [0.1, 0.15) is 5.76 Å². The molecule has 5 nitrogen and oxygen atoms in total. The number of hydrogen-bond donors (Lipinski definition) is 2. The summed E-state index contributed by atoms with van der Waals surface area (Å²) >= 11 is 3.34. The van der Waals surface area contributed by atoms with Crippen LogP contribution in [0.3, 0.4) is 0 Å². The van der Waals surface area contributed by atoms with Crippen LogP contribution >= 0.6 is 15.9 Å². The van der Waals surface area contributed by atoms with Gasteiger partial charge in [-0.25, -0.2) is 0 Å². The number of nitrogens with one attached hydrogen (secondary N) is 2. The van der Waals surface area contributed by atoms with Gasteiger partial charge in [0.2, 0.25) is 5.91 Å². The van der Waals surface area contributed by atoms with E-state index in [0.29, 0.717) is 6.54 Å². The number of nitrogens with zero attached hydrogens (tertiary/aromatic N) is 1. The molecular formula is C13H14BrN3O2. The predicted molar refractivity (Wildman–Crippen MR) is 75.7 cm³/mol. The van der Waals surface area contributed by atoms with Crippen LogP contribution in [-0.4, -0.2) is 17.6 Å². The van der Waals surface area contributed by atoms with Crippen molar-refractivity contribution >= 4 is 27.5 Å². The zero-order valence-electron chi connectivity index (χ0n) is 10.4. The van der Waals surface area contributed by atoms with E-state index in [4.69, 9.17) is 4.52 Å². The fourth-order valence-electron chi connectivity index (χ4n) is 1.54. The fourth-order valence-corrected chi connectivity index (χ4v) is 1.81. The molecule has 0 unspecified atom stereocenters. The molecule has 2 aromatic rings. The number of aromatic nitrogens is 1. The number of rotatable bonds is 5. The summed E-state index contributed by atoms with van der Waals surface area (Å²) < 4.78 is 5.91. The van der Waals surface area contributed by atoms with Gasteiger partial charge in [0.25, 0.3) is 0 Å². The highest BCUT2D eigenvalue weighted by Crippen LogP contribution is 2.13. The molecule has 1 aromatic carbocycles. The van der Waals surface area contributed by atoms with Gasteiger partial charge in [0, 0.05) is 22.8 Å². The first-order valence-electron chi connectivity index (χ1n) is 5.82. The number of aryl methyl sites for hydroxylation is 1. The van der Waals surface area contributed by atoms with E-state index in [0.717, 1.165) is 21.6 Å². The molecule has 0 radical (unpaired) electrons. The smallest absolute Gasteiger partial charge is 0.238 e. The molecular weight excluding hydrogens is 310 g/mol. The third kappa shape index (κ3) is 4.50. The molecule has 1 amide bonds. The Labute approximate surface area is 119 Å². The average molecular weight is 324 g/mol. The van der Waals surface area contributed by atoms with Crippen molar-refractivity contribution < 1.29 is 9.32 Å². The van der Waals surface area contributed by atoms with E-state index >= 15 is 0 Å². The minimum Gasteiger partial charge on any atom is -0.361 e. The number of hydrogen-bond acceptors (Lipinski definition) is 4. The molecule has 0 aliphatic rings. The fraction of sp³-hybridized carbons (Fsp3) is 0.231. The largest absolute Gasteiger partial charge is 0.361 e. The van der Waals surface area contributed by atoms with Crippen LogP contribution in [0.4, 0.5) is 5.69 Å². The van der Waals surface area contributed by atoms with E-state index < -0.39 is 0 Å². The maximum atomic E-state index is 11.7. The van der Waals surface area contributed by atoms with Crippen molar-refractivity contribution in [2.24, 2.45) is 0 Å². The van der Waals surface area contributed by atoms with E-state index in [2.05, 4.69) is 31.7 Å². The number of amides is 1. The molecule has 2 rings (SSSR count). The molecule has 0 spiro atoms. The number of anilines is 1. The third-order valence-corrected chi connectivity index (χ3v) is 2.93. The second-order valence-corrected chi connectivity index (χ2v) is 5.00. The molecule has 0 bridgehead atoms. The quantitative estimate of drug-likeness (QED) is 0.887. The minimum absolute atomic E-state index is 0.0949. The first-order chi connectivity index (χ1) is 9.13. The summed E-state index contributed by atoms with van der Waals surface area (Å²) in [6, 6.07) is 9.26. The van der Waals surface area contributed by atoms with Gasteiger partial charge >= 0.3 is 0 Å². The SMILES string of the molecule is Cc1cc(CNCC(=O)Nc2ccc(Br)cc2)no1. The normalized spacial score (nSPS) is 10.4. The van der Waals surface area contributed by atoms with E-state index in [1.807, 2.05) is 37.3 Å². The summed E-state index contributed by atoms with van der Waals surface area (Å²) in [6.07, 6.45) is 0. The molecule has 2 N–H and O–H groups in total. The van der Waals surface area contributed by atoms with Gasteiger partial charge in [-0.15, -0.1) is 0 Å². The Balaban J connectivity index is 1.74. The molecule has 19 heavy (non-hydrogen) atoms. The molecule has 1 heterocycles. The molecule has 0 atom stereocenters. The van der Waals surface area contributed by atoms with Crippen LogP contribution in [0.1, 0.15) is 11.5 Å². The summed E-state index contributed by atoms with van der Waals surface area (Å²) in [6.45, 7) is 2.56. The molecule has 0 aliphatic heterocycles. The van der Waals surface area contributed by atoms with Gasteiger partial charge in [-0.3, -0.25) is 4.79 Å². The van der Waals surface area contributed by atoms with E-state index in [1.54, 1.807) is 0 Å². The zero-order chi connectivity index (χ0) is 13.7. The highest BCUT2D eigenvalue weighted by molar-refractivity contribution is 9.10. The van der Waals surface area contributed by atoms with Gasteiger partial charge in [0.05, 0.1) is 12.2 Å². The molecule has 100 valence electrons. The lowest BCUT2D eigenvalue weighted by molar-refractivity contribution is -0.115. The third-order valence-electron chi connectivity index (χ3n) is 2.40. The number of benzene rings is 1. The summed E-state index contributed by atoms with van der Waals surface area (Å²) in [4.78, 5) is 11.7. The van der Waals surface area contributed by atoms with Crippen molar-refractivity contribution in [1.29, 1.82) is 0 Å². The molecule has 0 saturated carbocycles. The molecule has 1 aromatic heterocycles. The van der Waals surface area contributed by atoms with Crippen molar-refractivity contribution in [1.82, 2.24) is 10.5 Å². The van der Waals surface area contributed by atoms with Crippen LogP contribution in [0.5, 0.6) is 0 Å². The van der Waals surface area contributed by atoms with Gasteiger partial charge in [0.15, 0.2) is 0 Å². The number of halogens is 1. The Morgan fingerprint density at radius 1 is 1.37 bits per heavy atom. The average Bonchev–Trinajstić information content (AvgIpc) is 2.78. The molecule has 6 heteroatoms. The van der Waals surface area contributed by atoms with E-state index in [-0.39, 0.29) is 12.5 Å². The van der Waals surface area contributed by atoms with Crippen LogP contribution < -0.4 is 10.6 Å². The standard InChI is InChI=1S/C13H14BrN3O2/c1-9-6-12(17-19-9)7-15-8-13(18)16-11-4-2-10(14)3-5-11/h2-6,15H,7-8H2,1H3,(H,16,18). The minimum atomic E-state index is -0.0949. The lowest BCUT2D eigenvalue weighted by Crippen LogP contribution is -2.27. The number of carbonyl (C=O) groups excluding carboxylic acids is 1. The zero-order valence-corrected chi connectivity index (χ0v) is 12.0. The molecule has 0 saturated heterocycles. The number of carbonyl (C=O) groups is 1. The summed E-state index contributed by atoms with van der Waals surface area (Å²) in [5, 5.41) is 9.63. The van der Waals surface area contributed by atoms with Crippen molar-refractivity contribution in [2.45, 2.75) is 13.5 Å². The molecule has 0 fully saturated rings. The lowest BCUT2D eigenvalue weighted by atomic mass is 10.3.